The van der Waals surface area contributed by atoms with Gasteiger partial charge in [0.1, 0.15) is 11.3 Å². The minimum atomic E-state index is -0.576. The molecule has 0 atom stereocenters. The lowest BCUT2D eigenvalue weighted by Crippen LogP contribution is -2.12. The van der Waals surface area contributed by atoms with Gasteiger partial charge in [0.15, 0.2) is 5.78 Å². The van der Waals surface area contributed by atoms with Crippen molar-refractivity contribution in [3.05, 3.63) is 29.1 Å². The third kappa shape index (κ3) is 1.99. The molecule has 2 rings (SSSR count). The minimum Gasteiger partial charge on any atom is -0.364 e. The van der Waals surface area contributed by atoms with Crippen LogP contribution in [-0.4, -0.2) is 21.7 Å². The molecular formula is C13H15N3O2. The fraction of sp³-hybridized carbons (Fsp3) is 0.308. The van der Waals surface area contributed by atoms with Crippen molar-refractivity contribution in [1.82, 2.24) is 9.97 Å². The molecule has 1 amide bonds. The number of carbonyl (C=O) groups is 2. The van der Waals surface area contributed by atoms with Gasteiger partial charge in [-0.25, -0.2) is 4.98 Å². The van der Waals surface area contributed by atoms with Gasteiger partial charge in [-0.3, -0.25) is 9.59 Å². The second kappa shape index (κ2) is 4.60. The molecule has 0 saturated heterocycles. The fourth-order valence-electron chi connectivity index (χ4n) is 2.10. The Morgan fingerprint density at radius 1 is 1.39 bits per heavy atom. The zero-order valence-electron chi connectivity index (χ0n) is 10.4. The first-order valence-corrected chi connectivity index (χ1v) is 5.87. The van der Waals surface area contributed by atoms with Crippen molar-refractivity contribution in [2.75, 3.05) is 0 Å². The van der Waals surface area contributed by atoms with E-state index in [1.807, 2.05) is 6.92 Å². The molecule has 2 aromatic rings. The molecular weight excluding hydrogens is 230 g/mol. The van der Waals surface area contributed by atoms with Crippen molar-refractivity contribution < 1.29 is 9.59 Å². The second-order valence-electron chi connectivity index (χ2n) is 4.24. The first-order valence-electron chi connectivity index (χ1n) is 5.87. The summed E-state index contributed by atoms with van der Waals surface area (Å²) in [4.78, 5) is 30.0. The quantitative estimate of drug-likeness (QED) is 0.805. The van der Waals surface area contributed by atoms with Crippen LogP contribution in [0.1, 0.15) is 46.8 Å². The second-order valence-corrected chi connectivity index (χ2v) is 4.24. The Morgan fingerprint density at radius 2 is 2.11 bits per heavy atom. The van der Waals surface area contributed by atoms with Gasteiger partial charge >= 0.3 is 0 Å². The van der Waals surface area contributed by atoms with Crippen LogP contribution >= 0.6 is 0 Å². The van der Waals surface area contributed by atoms with Crippen LogP contribution in [0.2, 0.25) is 0 Å². The number of ketones is 1. The SMILES string of the molecule is CCCc1[nH]c2nc(C(N)=O)ccc2c1C(C)=O. The molecule has 0 radical (unpaired) electrons. The summed E-state index contributed by atoms with van der Waals surface area (Å²) in [7, 11) is 0. The minimum absolute atomic E-state index is 0.00155. The monoisotopic (exact) mass is 245 g/mol. The van der Waals surface area contributed by atoms with E-state index in [0.717, 1.165) is 23.9 Å². The van der Waals surface area contributed by atoms with Gasteiger partial charge in [-0.05, 0) is 25.5 Å². The summed E-state index contributed by atoms with van der Waals surface area (Å²) in [5.74, 6) is -0.578. The number of nitrogens with two attached hydrogens (primary N) is 1. The number of fused-ring (bicyclic) bond motifs is 1. The van der Waals surface area contributed by atoms with Gasteiger partial charge in [0.2, 0.25) is 0 Å². The average molecular weight is 245 g/mol. The number of pyridine rings is 1. The van der Waals surface area contributed by atoms with Gasteiger partial charge < -0.3 is 10.7 Å². The van der Waals surface area contributed by atoms with Crippen molar-refractivity contribution in [1.29, 1.82) is 0 Å². The molecule has 94 valence electrons. The summed E-state index contributed by atoms with van der Waals surface area (Å²) < 4.78 is 0. The molecule has 0 aliphatic rings. The van der Waals surface area contributed by atoms with Crippen LogP contribution in [0.4, 0.5) is 0 Å². The smallest absolute Gasteiger partial charge is 0.267 e. The molecule has 0 bridgehead atoms. The molecule has 0 spiro atoms. The Labute approximate surface area is 104 Å². The first-order chi connectivity index (χ1) is 8.54. The van der Waals surface area contributed by atoms with Crippen LogP contribution in [0.25, 0.3) is 11.0 Å². The topological polar surface area (TPSA) is 88.8 Å². The number of primary amides is 1. The molecule has 0 fully saturated rings. The Morgan fingerprint density at radius 3 is 2.67 bits per heavy atom. The normalized spacial score (nSPS) is 10.8. The highest BCUT2D eigenvalue weighted by molar-refractivity contribution is 6.08. The zero-order valence-corrected chi connectivity index (χ0v) is 10.4. The number of aromatic nitrogens is 2. The molecule has 2 aromatic heterocycles. The molecule has 0 aliphatic heterocycles. The van der Waals surface area contributed by atoms with Gasteiger partial charge in [-0.1, -0.05) is 13.3 Å². The van der Waals surface area contributed by atoms with E-state index >= 15 is 0 Å². The van der Waals surface area contributed by atoms with Crippen LogP contribution < -0.4 is 5.73 Å². The maximum absolute atomic E-state index is 11.7. The van der Waals surface area contributed by atoms with E-state index in [9.17, 15) is 9.59 Å². The van der Waals surface area contributed by atoms with Gasteiger partial charge in [0, 0.05) is 16.6 Å². The third-order valence-electron chi connectivity index (χ3n) is 2.84. The van der Waals surface area contributed by atoms with Gasteiger partial charge in [0.25, 0.3) is 5.91 Å². The number of rotatable bonds is 4. The molecule has 5 heteroatoms. The highest BCUT2D eigenvalue weighted by atomic mass is 16.1. The lowest BCUT2D eigenvalue weighted by molar-refractivity contribution is 0.0993. The van der Waals surface area contributed by atoms with Crippen molar-refractivity contribution in [3.8, 4) is 0 Å². The van der Waals surface area contributed by atoms with Crippen molar-refractivity contribution >= 4 is 22.7 Å². The Hall–Kier alpha value is -2.17. The van der Waals surface area contributed by atoms with E-state index in [2.05, 4.69) is 9.97 Å². The van der Waals surface area contributed by atoms with Crippen LogP contribution in [0.15, 0.2) is 12.1 Å². The van der Waals surface area contributed by atoms with Gasteiger partial charge in [0.05, 0.1) is 0 Å². The van der Waals surface area contributed by atoms with Crippen molar-refractivity contribution in [3.63, 3.8) is 0 Å². The number of hydrogen-bond acceptors (Lipinski definition) is 3. The number of amides is 1. The van der Waals surface area contributed by atoms with E-state index in [0.29, 0.717) is 11.2 Å². The summed E-state index contributed by atoms with van der Waals surface area (Å²) in [6, 6.07) is 3.26. The van der Waals surface area contributed by atoms with Crippen molar-refractivity contribution in [2.45, 2.75) is 26.7 Å². The van der Waals surface area contributed by atoms with E-state index < -0.39 is 5.91 Å². The highest BCUT2D eigenvalue weighted by Crippen LogP contribution is 2.23. The van der Waals surface area contributed by atoms with Crippen LogP contribution in [-0.2, 0) is 6.42 Å². The Bertz CT molecular complexity index is 628. The van der Waals surface area contributed by atoms with E-state index in [4.69, 9.17) is 5.73 Å². The molecule has 2 heterocycles. The molecule has 0 aromatic carbocycles. The van der Waals surface area contributed by atoms with E-state index in [-0.39, 0.29) is 11.5 Å². The number of nitrogens with zero attached hydrogens (tertiary/aromatic N) is 1. The molecule has 18 heavy (non-hydrogen) atoms. The number of nitrogens with one attached hydrogen (secondary N) is 1. The predicted octanol–water partition coefficient (Wildman–Crippen LogP) is 1.82. The fourth-order valence-corrected chi connectivity index (χ4v) is 2.10. The van der Waals surface area contributed by atoms with E-state index in [1.165, 1.54) is 6.92 Å². The van der Waals surface area contributed by atoms with Gasteiger partial charge in [-0.15, -0.1) is 0 Å². The zero-order chi connectivity index (χ0) is 13.3. The number of hydrogen-bond donors (Lipinski definition) is 2. The lowest BCUT2D eigenvalue weighted by Gasteiger charge is -1.98. The lowest BCUT2D eigenvalue weighted by atomic mass is 10.1. The largest absolute Gasteiger partial charge is 0.364 e. The Balaban J connectivity index is 2.68. The molecule has 5 nitrogen and oxygen atoms in total. The number of aromatic amines is 1. The summed E-state index contributed by atoms with van der Waals surface area (Å²) in [5.41, 5.74) is 7.46. The molecule has 0 saturated carbocycles. The third-order valence-corrected chi connectivity index (χ3v) is 2.84. The number of carbonyl (C=O) groups excluding carboxylic acids is 2. The maximum atomic E-state index is 11.7. The summed E-state index contributed by atoms with van der Waals surface area (Å²) in [6.45, 7) is 3.57. The number of H-pyrrole nitrogens is 1. The highest BCUT2D eigenvalue weighted by Gasteiger charge is 2.16. The van der Waals surface area contributed by atoms with Crippen LogP contribution in [0, 0.1) is 0 Å². The van der Waals surface area contributed by atoms with Gasteiger partial charge in [-0.2, -0.15) is 0 Å². The maximum Gasteiger partial charge on any atom is 0.267 e. The molecule has 3 N–H and O–H groups in total. The number of aryl methyl sites for hydroxylation is 1. The van der Waals surface area contributed by atoms with Crippen LogP contribution in [0.3, 0.4) is 0 Å². The average Bonchev–Trinajstić information content (AvgIpc) is 2.66. The first kappa shape index (κ1) is 12.3. The van der Waals surface area contributed by atoms with Crippen molar-refractivity contribution in [2.24, 2.45) is 5.73 Å². The number of Topliss-reactive ketones (excluding diaryl/α,β-unsaturated/α-hetero) is 1. The molecule has 0 unspecified atom stereocenters. The molecule has 0 aliphatic carbocycles. The summed E-state index contributed by atoms with van der Waals surface area (Å²) in [6.07, 6.45) is 1.70. The summed E-state index contributed by atoms with van der Waals surface area (Å²) >= 11 is 0. The predicted molar refractivity (Wildman–Crippen MR) is 68.6 cm³/mol. The Kier molecular flexibility index (Phi) is 3.14. The standard InChI is InChI=1S/C13H15N3O2/c1-3-4-9-11(7(2)17)8-5-6-10(12(14)18)16-13(8)15-9/h5-6H,3-4H2,1-2H3,(H2,14,18)(H,15,16). The van der Waals surface area contributed by atoms with Crippen LogP contribution in [0.5, 0.6) is 0 Å². The van der Waals surface area contributed by atoms with E-state index in [1.54, 1.807) is 12.1 Å². The summed E-state index contributed by atoms with van der Waals surface area (Å²) in [5, 5.41) is 0.746.